The molecule has 0 aliphatic carbocycles. The summed E-state index contributed by atoms with van der Waals surface area (Å²) in [7, 11) is 0. The topological polar surface area (TPSA) is 44.5 Å². The Hall–Kier alpha value is -2.21. The minimum Gasteiger partial charge on any atom is -0.492 e. The van der Waals surface area contributed by atoms with Gasteiger partial charge in [-0.25, -0.2) is 0 Å². The highest BCUT2D eigenvalue weighted by molar-refractivity contribution is 5.68. The number of nitrogens with two attached hydrogens (primary N) is 1. The van der Waals surface area contributed by atoms with Gasteiger partial charge in [-0.3, -0.25) is 0 Å². The molecule has 0 saturated heterocycles. The molecule has 0 spiro atoms. The molecule has 0 radical (unpaired) electrons. The summed E-state index contributed by atoms with van der Waals surface area (Å²) in [4.78, 5) is 0. The van der Waals surface area contributed by atoms with Gasteiger partial charge in [0.2, 0.25) is 0 Å². The van der Waals surface area contributed by atoms with E-state index < -0.39 is 6.36 Å². The lowest BCUT2D eigenvalue weighted by atomic mass is 10.0. The van der Waals surface area contributed by atoms with Crippen molar-refractivity contribution in [2.45, 2.75) is 13.3 Å². The van der Waals surface area contributed by atoms with Gasteiger partial charge in [-0.1, -0.05) is 18.2 Å². The van der Waals surface area contributed by atoms with Gasteiger partial charge in [0, 0.05) is 6.54 Å². The van der Waals surface area contributed by atoms with Gasteiger partial charge < -0.3 is 15.2 Å². The van der Waals surface area contributed by atoms with Gasteiger partial charge in [-0.05, 0) is 47.9 Å². The van der Waals surface area contributed by atoms with Crippen molar-refractivity contribution >= 4 is 0 Å². The van der Waals surface area contributed by atoms with E-state index in [4.69, 9.17) is 10.5 Å². The summed E-state index contributed by atoms with van der Waals surface area (Å²) in [6.07, 6.45) is -4.68. The Balaban J connectivity index is 2.18. The van der Waals surface area contributed by atoms with Crippen molar-refractivity contribution in [3.8, 4) is 22.6 Å². The third-order valence-electron chi connectivity index (χ3n) is 2.98. The second-order valence-electron chi connectivity index (χ2n) is 4.69. The van der Waals surface area contributed by atoms with Crippen molar-refractivity contribution in [2.24, 2.45) is 5.73 Å². The summed E-state index contributed by atoms with van der Waals surface area (Å²) in [5.74, 6) is 0.473. The molecule has 0 atom stereocenters. The van der Waals surface area contributed by atoms with Crippen LogP contribution in [-0.4, -0.2) is 19.5 Å². The fourth-order valence-corrected chi connectivity index (χ4v) is 2.06. The van der Waals surface area contributed by atoms with E-state index in [1.54, 1.807) is 18.2 Å². The minimum absolute atomic E-state index is 0.239. The van der Waals surface area contributed by atoms with E-state index in [0.29, 0.717) is 18.9 Å². The summed E-state index contributed by atoms with van der Waals surface area (Å²) in [5.41, 5.74) is 8.05. The summed E-state index contributed by atoms with van der Waals surface area (Å²) < 4.78 is 45.7. The standard InChI is InChI=1S/C16H16F3NO2/c1-11-10-14(21-9-8-20)6-7-15(11)12-2-4-13(5-3-12)22-16(17,18)19/h2-7,10H,8-9,20H2,1H3. The van der Waals surface area contributed by atoms with Crippen LogP contribution in [0.15, 0.2) is 42.5 Å². The van der Waals surface area contributed by atoms with Crippen LogP contribution in [0.1, 0.15) is 5.56 Å². The zero-order valence-corrected chi connectivity index (χ0v) is 12.0. The normalized spacial score (nSPS) is 11.3. The molecular weight excluding hydrogens is 295 g/mol. The van der Waals surface area contributed by atoms with Gasteiger partial charge in [0.15, 0.2) is 0 Å². The van der Waals surface area contributed by atoms with Gasteiger partial charge in [0.05, 0.1) is 0 Å². The van der Waals surface area contributed by atoms with Crippen LogP contribution < -0.4 is 15.2 Å². The van der Waals surface area contributed by atoms with E-state index in [1.165, 1.54) is 12.1 Å². The van der Waals surface area contributed by atoms with E-state index in [2.05, 4.69) is 4.74 Å². The zero-order chi connectivity index (χ0) is 16.2. The largest absolute Gasteiger partial charge is 0.573 e. The fraction of sp³-hybridized carbons (Fsp3) is 0.250. The van der Waals surface area contributed by atoms with Gasteiger partial charge in [0.1, 0.15) is 18.1 Å². The highest BCUT2D eigenvalue weighted by Gasteiger charge is 2.30. The molecule has 0 amide bonds. The number of hydrogen-bond acceptors (Lipinski definition) is 3. The van der Waals surface area contributed by atoms with Crippen molar-refractivity contribution in [1.29, 1.82) is 0 Å². The first-order chi connectivity index (χ1) is 10.4. The second kappa shape index (κ2) is 6.70. The van der Waals surface area contributed by atoms with E-state index in [1.807, 2.05) is 19.1 Å². The Morgan fingerprint density at radius 1 is 1.00 bits per heavy atom. The van der Waals surface area contributed by atoms with E-state index in [9.17, 15) is 13.2 Å². The molecule has 0 aromatic heterocycles. The van der Waals surface area contributed by atoms with Gasteiger partial charge in [-0.15, -0.1) is 13.2 Å². The molecule has 22 heavy (non-hydrogen) atoms. The van der Waals surface area contributed by atoms with Gasteiger partial charge in [0.25, 0.3) is 0 Å². The van der Waals surface area contributed by atoms with Crippen LogP contribution in [-0.2, 0) is 0 Å². The molecule has 0 heterocycles. The third kappa shape index (κ3) is 4.39. The molecule has 2 rings (SSSR count). The average Bonchev–Trinajstić information content (AvgIpc) is 2.45. The Labute approximate surface area is 126 Å². The molecule has 2 N–H and O–H groups in total. The zero-order valence-electron chi connectivity index (χ0n) is 12.0. The molecule has 0 aliphatic heterocycles. The van der Waals surface area contributed by atoms with E-state index in [-0.39, 0.29) is 5.75 Å². The Bertz CT molecular complexity index is 624. The highest BCUT2D eigenvalue weighted by atomic mass is 19.4. The predicted molar refractivity (Wildman–Crippen MR) is 77.8 cm³/mol. The maximum atomic E-state index is 12.1. The van der Waals surface area contributed by atoms with Crippen LogP contribution in [0.25, 0.3) is 11.1 Å². The lowest BCUT2D eigenvalue weighted by Crippen LogP contribution is -2.16. The number of hydrogen-bond donors (Lipinski definition) is 1. The first-order valence-electron chi connectivity index (χ1n) is 6.69. The number of aryl methyl sites for hydroxylation is 1. The maximum Gasteiger partial charge on any atom is 0.573 e. The molecule has 0 aliphatic rings. The molecule has 0 unspecified atom stereocenters. The predicted octanol–water partition coefficient (Wildman–Crippen LogP) is 3.90. The number of ether oxygens (including phenoxy) is 2. The summed E-state index contributed by atoms with van der Waals surface area (Å²) in [6, 6.07) is 11.3. The number of alkyl halides is 3. The monoisotopic (exact) mass is 311 g/mol. The SMILES string of the molecule is Cc1cc(OCCN)ccc1-c1ccc(OC(F)(F)F)cc1. The molecule has 0 bridgehead atoms. The summed E-state index contributed by atoms with van der Waals surface area (Å²) in [5, 5.41) is 0. The first kappa shape index (κ1) is 16.2. The van der Waals surface area contributed by atoms with Gasteiger partial charge >= 0.3 is 6.36 Å². The molecule has 2 aromatic carbocycles. The molecule has 118 valence electrons. The average molecular weight is 311 g/mol. The van der Waals surface area contributed by atoms with Crippen molar-refractivity contribution in [3.05, 3.63) is 48.0 Å². The van der Waals surface area contributed by atoms with Crippen molar-refractivity contribution < 1.29 is 22.6 Å². The van der Waals surface area contributed by atoms with Crippen LogP contribution in [0, 0.1) is 6.92 Å². The van der Waals surface area contributed by atoms with Gasteiger partial charge in [-0.2, -0.15) is 0 Å². The highest BCUT2D eigenvalue weighted by Crippen LogP contribution is 2.30. The number of benzene rings is 2. The van der Waals surface area contributed by atoms with Crippen molar-refractivity contribution in [3.63, 3.8) is 0 Å². The van der Waals surface area contributed by atoms with Crippen LogP contribution in [0.3, 0.4) is 0 Å². The van der Waals surface area contributed by atoms with Crippen LogP contribution in [0.2, 0.25) is 0 Å². The van der Waals surface area contributed by atoms with Crippen molar-refractivity contribution in [1.82, 2.24) is 0 Å². The first-order valence-corrected chi connectivity index (χ1v) is 6.69. The van der Waals surface area contributed by atoms with Crippen LogP contribution in [0.5, 0.6) is 11.5 Å². The third-order valence-corrected chi connectivity index (χ3v) is 2.98. The molecule has 2 aromatic rings. The Morgan fingerprint density at radius 2 is 1.64 bits per heavy atom. The molecular formula is C16H16F3NO2. The number of rotatable bonds is 5. The smallest absolute Gasteiger partial charge is 0.492 e. The second-order valence-corrected chi connectivity index (χ2v) is 4.69. The van der Waals surface area contributed by atoms with E-state index >= 15 is 0 Å². The molecule has 0 saturated carbocycles. The minimum atomic E-state index is -4.68. The summed E-state index contributed by atoms with van der Waals surface area (Å²) >= 11 is 0. The maximum absolute atomic E-state index is 12.1. The summed E-state index contributed by atoms with van der Waals surface area (Å²) in [6.45, 7) is 2.77. The van der Waals surface area contributed by atoms with E-state index in [0.717, 1.165) is 16.7 Å². The molecule has 6 heteroatoms. The Kier molecular flexibility index (Phi) is 4.92. The Morgan fingerprint density at radius 3 is 2.18 bits per heavy atom. The number of halogens is 3. The molecule has 3 nitrogen and oxygen atoms in total. The lowest BCUT2D eigenvalue weighted by Gasteiger charge is -2.12. The van der Waals surface area contributed by atoms with Crippen LogP contribution >= 0.6 is 0 Å². The quantitative estimate of drug-likeness (QED) is 0.911. The lowest BCUT2D eigenvalue weighted by molar-refractivity contribution is -0.274. The van der Waals surface area contributed by atoms with Crippen LogP contribution in [0.4, 0.5) is 13.2 Å². The fourth-order valence-electron chi connectivity index (χ4n) is 2.06. The van der Waals surface area contributed by atoms with Crippen molar-refractivity contribution in [2.75, 3.05) is 13.2 Å². The molecule has 0 fully saturated rings.